The molecule has 0 aliphatic heterocycles. The molecule has 0 spiro atoms. The molecule has 0 saturated heterocycles. The average Bonchev–Trinajstić information content (AvgIpc) is 3.91. The first-order chi connectivity index (χ1) is 26.3. The summed E-state index contributed by atoms with van der Waals surface area (Å²) in [7, 11) is 0. The third-order valence-electron chi connectivity index (χ3n) is 10.5. The van der Waals surface area contributed by atoms with Crippen molar-refractivity contribution in [1.29, 1.82) is 0 Å². The van der Waals surface area contributed by atoms with Crippen LogP contribution in [0.2, 0.25) is 0 Å². The molecule has 4 nitrogen and oxygen atoms in total. The Morgan fingerprint density at radius 1 is 0.377 bits per heavy atom. The molecule has 4 heteroatoms. The Hall–Kier alpha value is -7.17. The minimum Gasteiger partial charge on any atom is -0.456 e. The van der Waals surface area contributed by atoms with E-state index in [0.29, 0.717) is 0 Å². The van der Waals surface area contributed by atoms with Gasteiger partial charge in [0.05, 0.1) is 27.5 Å². The number of aromatic nitrogens is 3. The van der Waals surface area contributed by atoms with E-state index < -0.39 is 0 Å². The highest BCUT2D eigenvalue weighted by atomic mass is 16.3. The second-order valence-electron chi connectivity index (χ2n) is 13.6. The van der Waals surface area contributed by atoms with E-state index in [2.05, 4.69) is 185 Å². The second-order valence-corrected chi connectivity index (χ2v) is 13.6. The molecule has 0 fully saturated rings. The van der Waals surface area contributed by atoms with Gasteiger partial charge in [-0.3, -0.25) is 4.57 Å². The minimum atomic E-state index is 0.874. The third-order valence-corrected chi connectivity index (χ3v) is 10.5. The van der Waals surface area contributed by atoms with Gasteiger partial charge in [-0.2, -0.15) is 0 Å². The van der Waals surface area contributed by atoms with Crippen molar-refractivity contribution in [3.63, 3.8) is 0 Å². The van der Waals surface area contributed by atoms with Crippen molar-refractivity contribution in [1.82, 2.24) is 14.1 Å². The molecule has 248 valence electrons. The predicted molar refractivity (Wildman–Crippen MR) is 219 cm³/mol. The van der Waals surface area contributed by atoms with Crippen LogP contribution in [0, 0.1) is 0 Å². The molecule has 11 rings (SSSR count). The SMILES string of the molecule is c1ccc(-c2ccc3oc4ccc5c6cc(-c7ccccc7)ccc6n(-c6ccc(-n7c(-c8ccccc8)nc8ccccc87)cc6)c5c4c3c2)cc1. The Bertz CT molecular complexity index is 3130. The second kappa shape index (κ2) is 11.7. The van der Waals surface area contributed by atoms with Crippen molar-refractivity contribution in [3.05, 3.63) is 188 Å². The number of para-hydroxylation sites is 2. The fourth-order valence-electron chi connectivity index (χ4n) is 8.08. The quantitative estimate of drug-likeness (QED) is 0.182. The summed E-state index contributed by atoms with van der Waals surface area (Å²) in [5.41, 5.74) is 14.0. The van der Waals surface area contributed by atoms with Gasteiger partial charge in [-0.25, -0.2) is 4.98 Å². The average molecular weight is 678 g/mol. The number of imidazole rings is 1. The maximum absolute atomic E-state index is 6.57. The first kappa shape index (κ1) is 29.5. The fourth-order valence-corrected chi connectivity index (χ4v) is 8.08. The van der Waals surface area contributed by atoms with Crippen molar-refractivity contribution in [2.45, 2.75) is 0 Å². The molecule has 0 amide bonds. The molecule has 0 aliphatic carbocycles. The Morgan fingerprint density at radius 3 is 1.64 bits per heavy atom. The van der Waals surface area contributed by atoms with Crippen LogP contribution in [-0.2, 0) is 0 Å². The molecule has 0 N–H and O–H groups in total. The summed E-state index contributed by atoms with van der Waals surface area (Å²) in [6.07, 6.45) is 0. The van der Waals surface area contributed by atoms with Crippen LogP contribution >= 0.6 is 0 Å². The van der Waals surface area contributed by atoms with Gasteiger partial charge in [-0.05, 0) is 95.1 Å². The first-order valence-electron chi connectivity index (χ1n) is 18.0. The highest BCUT2D eigenvalue weighted by molar-refractivity contribution is 6.25. The summed E-state index contributed by atoms with van der Waals surface area (Å²) in [6, 6.07) is 66.6. The summed E-state index contributed by atoms with van der Waals surface area (Å²) >= 11 is 0. The smallest absolute Gasteiger partial charge is 0.145 e. The summed E-state index contributed by atoms with van der Waals surface area (Å²) in [5, 5.41) is 4.61. The summed E-state index contributed by atoms with van der Waals surface area (Å²) in [4.78, 5) is 5.08. The van der Waals surface area contributed by atoms with Gasteiger partial charge in [0.15, 0.2) is 0 Å². The molecule has 0 unspecified atom stereocenters. The number of hydrogen-bond donors (Lipinski definition) is 0. The summed E-state index contributed by atoms with van der Waals surface area (Å²) in [6.45, 7) is 0. The van der Waals surface area contributed by atoms with Gasteiger partial charge < -0.3 is 8.98 Å². The van der Waals surface area contributed by atoms with Gasteiger partial charge in [0.2, 0.25) is 0 Å². The number of hydrogen-bond acceptors (Lipinski definition) is 2. The lowest BCUT2D eigenvalue weighted by atomic mass is 10.0. The standard InChI is InChI=1S/C49H31N3O/c1-4-12-32(13-5-1)35-20-27-43-40(30-35)39-26-29-46-47(41-31-36(21-28-45(41)53-46)33-14-6-2-7-15-33)48(39)51(43)37-22-24-38(25-23-37)52-44-19-11-10-18-42(44)50-49(52)34-16-8-3-9-17-34/h1-31H. The van der Waals surface area contributed by atoms with Gasteiger partial charge >= 0.3 is 0 Å². The van der Waals surface area contributed by atoms with Gasteiger partial charge in [0.1, 0.15) is 17.0 Å². The van der Waals surface area contributed by atoms with Crippen LogP contribution < -0.4 is 0 Å². The van der Waals surface area contributed by atoms with Crippen LogP contribution in [-0.4, -0.2) is 14.1 Å². The van der Waals surface area contributed by atoms with E-state index in [1.165, 1.54) is 27.5 Å². The number of furan rings is 1. The molecule has 0 bridgehead atoms. The molecule has 0 aliphatic rings. The summed E-state index contributed by atoms with van der Waals surface area (Å²) < 4.78 is 11.3. The Kier molecular flexibility index (Phi) is 6.52. The van der Waals surface area contributed by atoms with Gasteiger partial charge in [0, 0.05) is 33.1 Å². The molecular weight excluding hydrogens is 647 g/mol. The van der Waals surface area contributed by atoms with Crippen LogP contribution in [0.4, 0.5) is 0 Å². The molecule has 3 heterocycles. The zero-order valence-corrected chi connectivity index (χ0v) is 28.6. The zero-order chi connectivity index (χ0) is 34.9. The zero-order valence-electron chi connectivity index (χ0n) is 28.6. The Balaban J connectivity index is 1.17. The molecule has 8 aromatic carbocycles. The van der Waals surface area contributed by atoms with Crippen molar-refractivity contribution >= 4 is 54.8 Å². The summed E-state index contributed by atoms with van der Waals surface area (Å²) in [5.74, 6) is 0.922. The van der Waals surface area contributed by atoms with Crippen LogP contribution in [0.25, 0.3) is 99.8 Å². The van der Waals surface area contributed by atoms with Crippen molar-refractivity contribution in [2.24, 2.45) is 0 Å². The number of nitrogens with zero attached hydrogens (tertiary/aromatic N) is 3. The van der Waals surface area contributed by atoms with Crippen molar-refractivity contribution in [3.8, 4) is 45.0 Å². The fraction of sp³-hybridized carbons (Fsp3) is 0. The first-order valence-corrected chi connectivity index (χ1v) is 18.0. The van der Waals surface area contributed by atoms with E-state index in [9.17, 15) is 0 Å². The van der Waals surface area contributed by atoms with E-state index in [4.69, 9.17) is 9.40 Å². The monoisotopic (exact) mass is 677 g/mol. The lowest BCUT2D eigenvalue weighted by Gasteiger charge is -2.13. The Morgan fingerprint density at radius 2 is 0.943 bits per heavy atom. The lowest BCUT2D eigenvalue weighted by Crippen LogP contribution is -1.99. The topological polar surface area (TPSA) is 35.9 Å². The van der Waals surface area contributed by atoms with Crippen LogP contribution in [0.15, 0.2) is 192 Å². The molecule has 11 aromatic rings. The molecule has 0 saturated carbocycles. The molecule has 0 radical (unpaired) electrons. The van der Waals surface area contributed by atoms with Gasteiger partial charge in [-0.15, -0.1) is 0 Å². The predicted octanol–water partition coefficient (Wildman–Crippen LogP) is 13.0. The van der Waals surface area contributed by atoms with E-state index >= 15 is 0 Å². The minimum absolute atomic E-state index is 0.874. The number of fused-ring (bicyclic) bond motifs is 8. The highest BCUT2D eigenvalue weighted by Crippen LogP contribution is 2.43. The molecule has 3 aromatic heterocycles. The van der Waals surface area contributed by atoms with Crippen LogP contribution in [0.3, 0.4) is 0 Å². The third kappa shape index (κ3) is 4.66. The molecule has 53 heavy (non-hydrogen) atoms. The van der Waals surface area contributed by atoms with Gasteiger partial charge in [-0.1, -0.05) is 115 Å². The van der Waals surface area contributed by atoms with E-state index in [-0.39, 0.29) is 0 Å². The number of rotatable bonds is 5. The van der Waals surface area contributed by atoms with Gasteiger partial charge in [0.25, 0.3) is 0 Å². The van der Waals surface area contributed by atoms with E-state index in [1.54, 1.807) is 0 Å². The van der Waals surface area contributed by atoms with E-state index in [1.807, 2.05) is 12.1 Å². The van der Waals surface area contributed by atoms with Crippen LogP contribution in [0.1, 0.15) is 0 Å². The highest BCUT2D eigenvalue weighted by Gasteiger charge is 2.21. The van der Waals surface area contributed by atoms with Crippen molar-refractivity contribution in [2.75, 3.05) is 0 Å². The molecular formula is C49H31N3O. The number of benzene rings is 8. The largest absolute Gasteiger partial charge is 0.456 e. The van der Waals surface area contributed by atoms with Crippen LogP contribution in [0.5, 0.6) is 0 Å². The Labute approximate surface area is 305 Å². The molecule has 0 atom stereocenters. The van der Waals surface area contributed by atoms with Crippen molar-refractivity contribution < 1.29 is 4.42 Å². The maximum Gasteiger partial charge on any atom is 0.145 e. The normalized spacial score (nSPS) is 11.8. The maximum atomic E-state index is 6.57. The lowest BCUT2D eigenvalue weighted by molar-refractivity contribution is 0.669. The van der Waals surface area contributed by atoms with E-state index in [0.717, 1.165) is 72.3 Å².